The molecule has 1 saturated carbocycles. The van der Waals surface area contributed by atoms with Crippen molar-refractivity contribution in [1.29, 1.82) is 0 Å². The van der Waals surface area contributed by atoms with Gasteiger partial charge >= 0.3 is 5.97 Å². The van der Waals surface area contributed by atoms with Gasteiger partial charge in [-0.1, -0.05) is 67.5 Å². The predicted molar refractivity (Wildman–Crippen MR) is 223 cm³/mol. The third kappa shape index (κ3) is 13.6. The maximum absolute atomic E-state index is 13.9. The molecule has 312 valence electrons. The fourth-order valence-corrected chi connectivity index (χ4v) is 8.43. The first-order valence-corrected chi connectivity index (χ1v) is 21.1. The molecule has 0 spiro atoms. The summed E-state index contributed by atoms with van der Waals surface area (Å²) in [4.78, 5) is 82.7. The summed E-state index contributed by atoms with van der Waals surface area (Å²) in [7, 11) is 0. The number of carbonyl (C=O) groups is 6. The van der Waals surface area contributed by atoms with E-state index in [0.29, 0.717) is 51.5 Å². The third-order valence-electron chi connectivity index (χ3n) is 10.7. The Morgan fingerprint density at radius 2 is 1.76 bits per heavy atom. The number of hydrogen-bond acceptors (Lipinski definition) is 10. The topological polar surface area (TPSA) is 233 Å². The molecule has 3 unspecified atom stereocenters. The van der Waals surface area contributed by atoms with Crippen molar-refractivity contribution in [3.05, 3.63) is 72.6 Å². The number of rotatable bonds is 21. The van der Waals surface area contributed by atoms with Gasteiger partial charge in [0.1, 0.15) is 23.1 Å². The fourth-order valence-electron chi connectivity index (χ4n) is 7.38. The first kappa shape index (κ1) is 43.7. The highest BCUT2D eigenvalue weighted by molar-refractivity contribution is 8.00. The number of para-hydroxylation sites is 1. The molecule has 16 heteroatoms. The SMILES string of the molecule is NC(=O)C1(NC(=O)[C@@H](CCCC(=O)O)NC(=O)[C@@H](CCCCNC(=O)/C=C/C2C=NC=CC2)NC(=O)CC2C=CC(NC3Nc4ccccc4S3)=CC2)CCCCC1. The number of amides is 5. The first-order valence-electron chi connectivity index (χ1n) is 20.2. The van der Waals surface area contributed by atoms with Crippen LogP contribution in [0, 0.1) is 11.8 Å². The van der Waals surface area contributed by atoms with E-state index in [1.165, 1.54) is 11.0 Å². The lowest BCUT2D eigenvalue weighted by Gasteiger charge is -2.36. The average molecular weight is 817 g/mol. The highest BCUT2D eigenvalue weighted by Gasteiger charge is 2.41. The van der Waals surface area contributed by atoms with Gasteiger partial charge in [0.25, 0.3) is 0 Å². The molecule has 0 bridgehead atoms. The molecule has 5 amide bonds. The van der Waals surface area contributed by atoms with Crippen molar-refractivity contribution in [2.24, 2.45) is 22.6 Å². The molecule has 0 radical (unpaired) electrons. The standard InChI is InChI=1S/C42H56N8O7S/c43-40(57)42(22-5-1-6-23-42)50-39(56)33(13-8-15-37(53)54)48-38(55)32(12-4-7-25-45-35(51)21-18-29-10-9-24-44-27-29)47-36(52)26-28-16-19-30(20-17-28)46-41-49-31-11-2-3-14-34(31)58-41/h2-3,9,11,14,16,18-21,24,27-29,32-33,41,46,49H,1,4-8,10,12-13,15,17,22-23,25-26H2,(H2,43,57)(H,45,51)(H,47,52)(H,48,55)(H,50,56)(H,53,54)/b21-18+/t28?,29?,32-,33-,41?/m1/s1. The summed E-state index contributed by atoms with van der Waals surface area (Å²) < 4.78 is 0. The number of benzene rings is 1. The Kier molecular flexibility index (Phi) is 16.6. The van der Waals surface area contributed by atoms with Crippen LogP contribution in [0.25, 0.3) is 0 Å². The highest BCUT2D eigenvalue weighted by Crippen LogP contribution is 2.37. The quantitative estimate of drug-likeness (QED) is 0.0659. The van der Waals surface area contributed by atoms with E-state index in [2.05, 4.69) is 43.0 Å². The van der Waals surface area contributed by atoms with Crippen LogP contribution < -0.4 is 37.6 Å². The number of nitrogens with zero attached hydrogens (tertiary/aromatic N) is 1. The van der Waals surface area contributed by atoms with Gasteiger partial charge in [-0.15, -0.1) is 0 Å². The summed E-state index contributed by atoms with van der Waals surface area (Å²) in [5.74, 6) is -3.58. The van der Waals surface area contributed by atoms with Crippen molar-refractivity contribution < 1.29 is 33.9 Å². The van der Waals surface area contributed by atoms with Crippen molar-refractivity contribution >= 4 is 59.2 Å². The lowest BCUT2D eigenvalue weighted by Crippen LogP contribution is -2.62. The smallest absolute Gasteiger partial charge is 0.303 e. The number of unbranched alkanes of at least 4 members (excludes halogenated alkanes) is 1. The summed E-state index contributed by atoms with van der Waals surface area (Å²) in [6, 6.07) is 5.90. The molecule has 1 aromatic rings. The Morgan fingerprint density at radius 3 is 2.47 bits per heavy atom. The Morgan fingerprint density at radius 1 is 0.983 bits per heavy atom. The second kappa shape index (κ2) is 22.0. The lowest BCUT2D eigenvalue weighted by molar-refractivity contribution is -0.138. The van der Waals surface area contributed by atoms with E-state index >= 15 is 0 Å². The molecule has 2 heterocycles. The van der Waals surface area contributed by atoms with Crippen molar-refractivity contribution in [3.63, 3.8) is 0 Å². The minimum atomic E-state index is -1.26. The summed E-state index contributed by atoms with van der Waals surface area (Å²) in [6.45, 7) is 0.343. The molecular formula is C42H56N8O7S. The number of hydrogen-bond donors (Lipinski definition) is 8. The minimum absolute atomic E-state index is 0.00151. The molecule has 9 N–H and O–H groups in total. The molecule has 5 rings (SSSR count). The number of allylic oxidation sites excluding steroid dienone is 5. The molecular weight excluding hydrogens is 761 g/mol. The molecule has 5 atom stereocenters. The van der Waals surface area contributed by atoms with Gasteiger partial charge in [0.2, 0.25) is 29.5 Å². The number of nitrogens with one attached hydrogen (secondary N) is 6. The second-order valence-electron chi connectivity index (χ2n) is 15.2. The summed E-state index contributed by atoms with van der Waals surface area (Å²) >= 11 is 1.69. The maximum Gasteiger partial charge on any atom is 0.303 e. The van der Waals surface area contributed by atoms with Gasteiger partial charge in [-0.2, -0.15) is 0 Å². The molecule has 2 aliphatic carbocycles. The van der Waals surface area contributed by atoms with E-state index in [0.717, 1.165) is 24.2 Å². The van der Waals surface area contributed by atoms with E-state index in [1.54, 1.807) is 30.3 Å². The molecule has 58 heavy (non-hydrogen) atoms. The summed E-state index contributed by atoms with van der Waals surface area (Å²) in [5, 5.41) is 27.5. The lowest BCUT2D eigenvalue weighted by atomic mass is 9.80. The minimum Gasteiger partial charge on any atom is -0.481 e. The van der Waals surface area contributed by atoms with E-state index in [1.807, 2.05) is 42.5 Å². The number of primary amides is 1. The number of aliphatic carboxylic acids is 1. The summed E-state index contributed by atoms with van der Waals surface area (Å²) in [6.07, 6.45) is 20.3. The largest absolute Gasteiger partial charge is 0.481 e. The van der Waals surface area contributed by atoms with Gasteiger partial charge in [-0.3, -0.25) is 33.8 Å². The fraction of sp³-hybridized carbons (Fsp3) is 0.500. The summed E-state index contributed by atoms with van der Waals surface area (Å²) in [5.41, 5.74) is 6.50. The van der Waals surface area contributed by atoms with Crippen LogP contribution in [0.2, 0.25) is 0 Å². The van der Waals surface area contributed by atoms with Crippen LogP contribution >= 0.6 is 11.8 Å². The van der Waals surface area contributed by atoms with E-state index in [-0.39, 0.29) is 61.3 Å². The number of anilines is 1. The van der Waals surface area contributed by atoms with Crippen LogP contribution in [0.15, 0.2) is 82.5 Å². The molecule has 4 aliphatic rings. The van der Waals surface area contributed by atoms with Gasteiger partial charge in [-0.05, 0) is 88.0 Å². The maximum atomic E-state index is 13.9. The number of carbonyl (C=O) groups excluding carboxylic acids is 5. The van der Waals surface area contributed by atoms with Crippen LogP contribution in [-0.4, -0.2) is 76.5 Å². The van der Waals surface area contributed by atoms with E-state index in [9.17, 15) is 33.9 Å². The zero-order chi connectivity index (χ0) is 41.3. The van der Waals surface area contributed by atoms with Gasteiger partial charge in [0, 0.05) is 48.3 Å². The van der Waals surface area contributed by atoms with Gasteiger partial charge in [0.05, 0.1) is 5.69 Å². The molecule has 2 aliphatic heterocycles. The number of fused-ring (bicyclic) bond motifs is 1. The van der Waals surface area contributed by atoms with Crippen molar-refractivity contribution in [2.45, 2.75) is 118 Å². The van der Waals surface area contributed by atoms with Crippen molar-refractivity contribution in [2.75, 3.05) is 11.9 Å². The van der Waals surface area contributed by atoms with Crippen molar-refractivity contribution in [1.82, 2.24) is 26.6 Å². The Bertz CT molecular complexity index is 1780. The van der Waals surface area contributed by atoms with Crippen LogP contribution in [-0.2, 0) is 28.8 Å². The number of nitrogens with two attached hydrogens (primary N) is 1. The molecule has 1 aromatic carbocycles. The molecule has 0 saturated heterocycles. The van der Waals surface area contributed by atoms with E-state index in [4.69, 9.17) is 5.73 Å². The number of aliphatic imine (C=N–C) groups is 1. The monoisotopic (exact) mass is 816 g/mol. The number of thioether (sulfide) groups is 1. The predicted octanol–water partition coefficient (Wildman–Crippen LogP) is 3.90. The highest BCUT2D eigenvalue weighted by atomic mass is 32.2. The third-order valence-corrected chi connectivity index (χ3v) is 11.7. The van der Waals surface area contributed by atoms with Crippen molar-refractivity contribution in [3.8, 4) is 0 Å². The van der Waals surface area contributed by atoms with E-state index < -0.39 is 41.3 Å². The zero-order valence-corrected chi connectivity index (χ0v) is 33.6. The first-order chi connectivity index (χ1) is 28.0. The number of carboxylic acid groups (broad SMARTS) is 1. The van der Waals surface area contributed by atoms with Crippen LogP contribution in [0.3, 0.4) is 0 Å². The van der Waals surface area contributed by atoms with Gasteiger partial charge in [-0.25, -0.2) is 0 Å². The number of carboxylic acids is 1. The normalized spacial score (nSPS) is 21.4. The zero-order valence-electron chi connectivity index (χ0n) is 32.8. The van der Waals surface area contributed by atoms with Crippen LogP contribution in [0.4, 0.5) is 5.69 Å². The average Bonchev–Trinajstić information content (AvgIpc) is 3.62. The molecule has 0 aromatic heterocycles. The Labute approximate surface area is 343 Å². The van der Waals surface area contributed by atoms with Crippen LogP contribution in [0.1, 0.15) is 89.9 Å². The molecule has 1 fully saturated rings. The van der Waals surface area contributed by atoms with Gasteiger partial charge < -0.3 is 42.7 Å². The second-order valence-corrected chi connectivity index (χ2v) is 16.3. The Hall–Kier alpha value is -5.38. The molecule has 15 nitrogen and oxygen atoms in total. The van der Waals surface area contributed by atoms with Crippen LogP contribution in [0.5, 0.6) is 0 Å². The Balaban J connectivity index is 1.18. The van der Waals surface area contributed by atoms with Gasteiger partial charge in [0.15, 0.2) is 0 Å².